The maximum atomic E-state index is 11.4. The SMILES string of the molecule is C=CC(=O)Nc1ccc2[nH]cc(-c3ccc(N)c(Cl)n3)c2c1. The average molecular weight is 313 g/mol. The van der Waals surface area contributed by atoms with E-state index in [9.17, 15) is 4.79 Å². The molecule has 2 heterocycles. The fourth-order valence-corrected chi connectivity index (χ4v) is 2.35. The van der Waals surface area contributed by atoms with Crippen molar-refractivity contribution in [2.75, 3.05) is 11.1 Å². The molecule has 5 nitrogen and oxygen atoms in total. The third kappa shape index (κ3) is 2.54. The van der Waals surface area contributed by atoms with E-state index in [4.69, 9.17) is 17.3 Å². The van der Waals surface area contributed by atoms with Gasteiger partial charge in [0.05, 0.1) is 11.4 Å². The molecule has 0 fully saturated rings. The number of hydrogen-bond acceptors (Lipinski definition) is 3. The molecule has 110 valence electrons. The van der Waals surface area contributed by atoms with Crippen LogP contribution in [-0.4, -0.2) is 15.9 Å². The summed E-state index contributed by atoms with van der Waals surface area (Å²) >= 11 is 5.99. The summed E-state index contributed by atoms with van der Waals surface area (Å²) in [6.07, 6.45) is 3.07. The average Bonchev–Trinajstić information content (AvgIpc) is 2.93. The Morgan fingerprint density at radius 2 is 2.18 bits per heavy atom. The number of aromatic nitrogens is 2. The lowest BCUT2D eigenvalue weighted by atomic mass is 10.1. The molecule has 0 bridgehead atoms. The number of amides is 1. The highest BCUT2D eigenvalue weighted by Crippen LogP contribution is 2.31. The van der Waals surface area contributed by atoms with E-state index in [0.29, 0.717) is 17.1 Å². The number of nitrogens with two attached hydrogens (primary N) is 1. The van der Waals surface area contributed by atoms with Gasteiger partial charge >= 0.3 is 0 Å². The Hall–Kier alpha value is -2.79. The number of carbonyl (C=O) groups is 1. The van der Waals surface area contributed by atoms with Crippen LogP contribution >= 0.6 is 11.6 Å². The summed E-state index contributed by atoms with van der Waals surface area (Å²) in [4.78, 5) is 18.9. The molecular weight excluding hydrogens is 300 g/mol. The van der Waals surface area contributed by atoms with Gasteiger partial charge < -0.3 is 16.0 Å². The molecule has 22 heavy (non-hydrogen) atoms. The minimum Gasteiger partial charge on any atom is -0.396 e. The Kier molecular flexibility index (Phi) is 3.56. The largest absolute Gasteiger partial charge is 0.396 e. The van der Waals surface area contributed by atoms with Gasteiger partial charge in [-0.15, -0.1) is 0 Å². The Bertz CT molecular complexity index is 885. The van der Waals surface area contributed by atoms with Crippen LogP contribution < -0.4 is 11.1 Å². The fraction of sp³-hybridized carbons (Fsp3) is 0. The first-order valence-electron chi connectivity index (χ1n) is 6.55. The zero-order valence-corrected chi connectivity index (χ0v) is 12.3. The number of carbonyl (C=O) groups excluding carboxylic acids is 1. The van der Waals surface area contributed by atoms with E-state index in [1.165, 1.54) is 6.08 Å². The molecule has 4 N–H and O–H groups in total. The predicted molar refractivity (Wildman–Crippen MR) is 89.8 cm³/mol. The third-order valence-corrected chi connectivity index (χ3v) is 3.59. The smallest absolute Gasteiger partial charge is 0.247 e. The van der Waals surface area contributed by atoms with Crippen LogP contribution in [0.1, 0.15) is 0 Å². The number of anilines is 2. The number of H-pyrrole nitrogens is 1. The summed E-state index contributed by atoms with van der Waals surface area (Å²) in [6.45, 7) is 3.44. The Morgan fingerprint density at radius 3 is 2.91 bits per heavy atom. The van der Waals surface area contributed by atoms with E-state index in [-0.39, 0.29) is 11.1 Å². The van der Waals surface area contributed by atoms with E-state index in [2.05, 4.69) is 21.9 Å². The first-order valence-corrected chi connectivity index (χ1v) is 6.93. The van der Waals surface area contributed by atoms with Crippen molar-refractivity contribution in [1.82, 2.24) is 9.97 Å². The Balaban J connectivity index is 2.09. The molecule has 0 unspecified atom stereocenters. The summed E-state index contributed by atoms with van der Waals surface area (Å²) in [5.41, 5.74) is 9.32. The number of rotatable bonds is 3. The zero-order chi connectivity index (χ0) is 15.7. The number of fused-ring (bicyclic) bond motifs is 1. The highest BCUT2D eigenvalue weighted by atomic mass is 35.5. The van der Waals surface area contributed by atoms with Crippen molar-refractivity contribution in [2.24, 2.45) is 0 Å². The normalized spacial score (nSPS) is 10.6. The molecule has 3 aromatic rings. The van der Waals surface area contributed by atoms with Crippen LogP contribution in [0.25, 0.3) is 22.2 Å². The molecule has 0 spiro atoms. The molecule has 0 saturated carbocycles. The van der Waals surface area contributed by atoms with Gasteiger partial charge in [0, 0.05) is 28.4 Å². The second-order valence-electron chi connectivity index (χ2n) is 4.73. The van der Waals surface area contributed by atoms with Crippen LogP contribution in [0.5, 0.6) is 0 Å². The molecule has 2 aromatic heterocycles. The van der Waals surface area contributed by atoms with Crippen molar-refractivity contribution < 1.29 is 4.79 Å². The second-order valence-corrected chi connectivity index (χ2v) is 5.09. The van der Waals surface area contributed by atoms with Gasteiger partial charge in [0.2, 0.25) is 5.91 Å². The Labute approximate surface area is 131 Å². The van der Waals surface area contributed by atoms with Crippen LogP contribution in [0.3, 0.4) is 0 Å². The summed E-state index contributed by atoms with van der Waals surface area (Å²) in [6, 6.07) is 9.09. The monoisotopic (exact) mass is 312 g/mol. The third-order valence-electron chi connectivity index (χ3n) is 3.29. The van der Waals surface area contributed by atoms with E-state index in [0.717, 1.165) is 16.5 Å². The topological polar surface area (TPSA) is 83.8 Å². The van der Waals surface area contributed by atoms with E-state index in [1.807, 2.05) is 24.4 Å². The van der Waals surface area contributed by atoms with Crippen molar-refractivity contribution in [3.05, 3.63) is 54.3 Å². The summed E-state index contributed by atoms with van der Waals surface area (Å²) in [5, 5.41) is 3.93. The Morgan fingerprint density at radius 1 is 1.36 bits per heavy atom. The zero-order valence-electron chi connectivity index (χ0n) is 11.6. The molecule has 0 radical (unpaired) electrons. The number of halogens is 1. The van der Waals surface area contributed by atoms with Crippen LogP contribution in [0, 0.1) is 0 Å². The lowest BCUT2D eigenvalue weighted by molar-refractivity contribution is -0.111. The van der Waals surface area contributed by atoms with Crippen molar-refractivity contribution >= 4 is 39.8 Å². The summed E-state index contributed by atoms with van der Waals surface area (Å²) < 4.78 is 0. The van der Waals surface area contributed by atoms with Crippen molar-refractivity contribution in [2.45, 2.75) is 0 Å². The molecule has 0 saturated heterocycles. The van der Waals surface area contributed by atoms with Crippen LogP contribution in [0.4, 0.5) is 11.4 Å². The number of aromatic amines is 1. The highest BCUT2D eigenvalue weighted by Gasteiger charge is 2.10. The van der Waals surface area contributed by atoms with Gasteiger partial charge in [0.25, 0.3) is 0 Å². The summed E-state index contributed by atoms with van der Waals surface area (Å²) in [5.74, 6) is -0.259. The van der Waals surface area contributed by atoms with Crippen molar-refractivity contribution in [3.8, 4) is 11.3 Å². The lowest BCUT2D eigenvalue weighted by Crippen LogP contribution is -2.06. The first kappa shape index (κ1) is 14.2. The number of pyridine rings is 1. The van der Waals surface area contributed by atoms with E-state index >= 15 is 0 Å². The van der Waals surface area contributed by atoms with E-state index < -0.39 is 0 Å². The predicted octanol–water partition coefficient (Wildman–Crippen LogP) is 3.59. The summed E-state index contributed by atoms with van der Waals surface area (Å²) in [7, 11) is 0. The quantitative estimate of drug-likeness (QED) is 0.510. The number of nitrogens with one attached hydrogen (secondary N) is 2. The molecule has 0 atom stereocenters. The van der Waals surface area contributed by atoms with Gasteiger partial charge in [-0.1, -0.05) is 18.2 Å². The minimum absolute atomic E-state index is 0.259. The number of benzene rings is 1. The van der Waals surface area contributed by atoms with Crippen LogP contribution in [0.15, 0.2) is 49.2 Å². The first-order chi connectivity index (χ1) is 10.6. The fourth-order valence-electron chi connectivity index (χ4n) is 2.20. The standard InChI is InChI=1S/C16H13ClN4O/c1-2-15(22)20-9-3-5-13-10(7-9)11(8-19-13)14-6-4-12(18)16(17)21-14/h2-8,19H,1,18H2,(H,20,22). The van der Waals surface area contributed by atoms with Crippen molar-refractivity contribution in [1.29, 1.82) is 0 Å². The number of nitrogen functional groups attached to an aromatic ring is 1. The van der Waals surface area contributed by atoms with Gasteiger partial charge in [-0.25, -0.2) is 4.98 Å². The molecule has 0 aliphatic heterocycles. The molecule has 0 aliphatic rings. The molecule has 0 aliphatic carbocycles. The van der Waals surface area contributed by atoms with E-state index in [1.54, 1.807) is 12.1 Å². The molecule has 6 heteroatoms. The number of nitrogens with zero attached hydrogens (tertiary/aromatic N) is 1. The van der Waals surface area contributed by atoms with Crippen LogP contribution in [0.2, 0.25) is 5.15 Å². The van der Waals surface area contributed by atoms with Crippen LogP contribution in [-0.2, 0) is 4.79 Å². The lowest BCUT2D eigenvalue weighted by Gasteiger charge is -2.05. The second kappa shape index (κ2) is 5.54. The molecular formula is C16H13ClN4O. The van der Waals surface area contributed by atoms with Gasteiger partial charge in [0.15, 0.2) is 5.15 Å². The van der Waals surface area contributed by atoms with Gasteiger partial charge in [0.1, 0.15) is 0 Å². The molecule has 3 rings (SSSR count). The molecule has 1 amide bonds. The minimum atomic E-state index is -0.259. The number of hydrogen-bond donors (Lipinski definition) is 3. The van der Waals surface area contributed by atoms with Gasteiger partial charge in [-0.05, 0) is 36.4 Å². The maximum absolute atomic E-state index is 11.4. The van der Waals surface area contributed by atoms with Gasteiger partial charge in [-0.3, -0.25) is 4.79 Å². The molecule has 1 aromatic carbocycles. The van der Waals surface area contributed by atoms with Gasteiger partial charge in [-0.2, -0.15) is 0 Å². The maximum Gasteiger partial charge on any atom is 0.247 e. The highest BCUT2D eigenvalue weighted by molar-refractivity contribution is 6.32. The van der Waals surface area contributed by atoms with Crippen molar-refractivity contribution in [3.63, 3.8) is 0 Å².